The zero-order valence-corrected chi connectivity index (χ0v) is 14.7. The predicted octanol–water partition coefficient (Wildman–Crippen LogP) is 2.33. The van der Waals surface area contributed by atoms with Gasteiger partial charge < -0.3 is 15.3 Å². The number of carbonyl (C=O) groups excluding carboxylic acids is 2. The number of hydrogen-bond acceptors (Lipinski definition) is 3. The number of hydrogen-bond donors (Lipinski definition) is 2. The Hall–Kier alpha value is -2.44. The van der Waals surface area contributed by atoms with E-state index in [0.29, 0.717) is 17.9 Å². The van der Waals surface area contributed by atoms with Gasteiger partial charge >= 0.3 is 5.97 Å². The Labute approximate surface area is 152 Å². The second kappa shape index (κ2) is 9.89. The van der Waals surface area contributed by atoms with Crippen molar-refractivity contribution in [1.29, 1.82) is 0 Å². The second-order valence-corrected chi connectivity index (χ2v) is 6.74. The second-order valence-electron chi connectivity index (χ2n) is 6.74. The lowest BCUT2D eigenvalue weighted by molar-refractivity contribution is -0.144. The highest BCUT2D eigenvalue weighted by Gasteiger charge is 2.19. The summed E-state index contributed by atoms with van der Waals surface area (Å²) in [4.78, 5) is 36.3. The molecule has 2 amide bonds. The average Bonchev–Trinajstić information content (AvgIpc) is 3.12. The van der Waals surface area contributed by atoms with E-state index in [4.69, 9.17) is 5.11 Å². The Kier molecular flexibility index (Phi) is 7.56. The Morgan fingerprint density at radius 2 is 1.81 bits per heavy atom. The summed E-state index contributed by atoms with van der Waals surface area (Å²) in [7, 11) is 0. The molecule has 1 fully saturated rings. The van der Waals surface area contributed by atoms with Crippen molar-refractivity contribution < 1.29 is 23.9 Å². The SMILES string of the molecule is O=C(O)CN(Cc1ccc(F)cc1)C(=O)CNC(=O)CCC1CCCC1. The van der Waals surface area contributed by atoms with E-state index in [1.165, 1.54) is 37.1 Å². The summed E-state index contributed by atoms with van der Waals surface area (Å²) in [6.07, 6.45) is 5.98. The zero-order valence-electron chi connectivity index (χ0n) is 14.7. The van der Waals surface area contributed by atoms with Gasteiger partial charge in [-0.3, -0.25) is 14.4 Å². The van der Waals surface area contributed by atoms with Crippen LogP contribution >= 0.6 is 0 Å². The summed E-state index contributed by atoms with van der Waals surface area (Å²) in [5.74, 6) is -1.63. The highest BCUT2D eigenvalue weighted by atomic mass is 19.1. The Balaban J connectivity index is 1.81. The summed E-state index contributed by atoms with van der Waals surface area (Å²) in [5, 5.41) is 11.6. The molecule has 0 radical (unpaired) electrons. The normalized spacial score (nSPS) is 14.2. The molecule has 0 aliphatic heterocycles. The first-order chi connectivity index (χ1) is 12.4. The maximum Gasteiger partial charge on any atom is 0.323 e. The van der Waals surface area contributed by atoms with E-state index in [-0.39, 0.29) is 19.0 Å². The highest BCUT2D eigenvalue weighted by molar-refractivity contribution is 5.86. The molecule has 0 aromatic heterocycles. The van der Waals surface area contributed by atoms with Gasteiger partial charge in [-0.2, -0.15) is 0 Å². The summed E-state index contributed by atoms with van der Waals surface area (Å²) in [6.45, 7) is -0.671. The molecule has 6 nitrogen and oxygen atoms in total. The van der Waals surface area contributed by atoms with Crippen LogP contribution in [0.1, 0.15) is 44.1 Å². The average molecular weight is 364 g/mol. The Bertz CT molecular complexity index is 627. The smallest absolute Gasteiger partial charge is 0.323 e. The first kappa shape index (κ1) is 19.9. The summed E-state index contributed by atoms with van der Waals surface area (Å²) in [6, 6.07) is 5.50. The van der Waals surface area contributed by atoms with E-state index < -0.39 is 24.2 Å². The van der Waals surface area contributed by atoms with E-state index >= 15 is 0 Å². The van der Waals surface area contributed by atoms with Crippen LogP contribution in [0.2, 0.25) is 0 Å². The van der Waals surface area contributed by atoms with Crippen molar-refractivity contribution in [2.75, 3.05) is 13.1 Å². The third kappa shape index (κ3) is 6.82. The van der Waals surface area contributed by atoms with Crippen LogP contribution in [0.15, 0.2) is 24.3 Å². The fraction of sp³-hybridized carbons (Fsp3) is 0.526. The van der Waals surface area contributed by atoms with Gasteiger partial charge in [-0.25, -0.2) is 4.39 Å². The maximum absolute atomic E-state index is 13.0. The van der Waals surface area contributed by atoms with Gasteiger partial charge in [0, 0.05) is 13.0 Å². The molecule has 2 rings (SSSR count). The van der Waals surface area contributed by atoms with Gasteiger partial charge in [-0.15, -0.1) is 0 Å². The number of nitrogens with one attached hydrogen (secondary N) is 1. The maximum atomic E-state index is 13.0. The van der Waals surface area contributed by atoms with E-state index in [9.17, 15) is 18.8 Å². The topological polar surface area (TPSA) is 86.7 Å². The summed E-state index contributed by atoms with van der Waals surface area (Å²) < 4.78 is 13.0. The molecule has 1 aliphatic rings. The van der Waals surface area contributed by atoms with Crippen molar-refractivity contribution in [3.8, 4) is 0 Å². The Morgan fingerprint density at radius 1 is 1.15 bits per heavy atom. The minimum atomic E-state index is -1.15. The quantitative estimate of drug-likeness (QED) is 0.704. The van der Waals surface area contributed by atoms with Gasteiger partial charge in [0.25, 0.3) is 0 Å². The van der Waals surface area contributed by atoms with Gasteiger partial charge in [-0.05, 0) is 30.0 Å². The van der Waals surface area contributed by atoms with Gasteiger partial charge in [-0.1, -0.05) is 37.8 Å². The molecule has 1 aromatic carbocycles. The van der Waals surface area contributed by atoms with Crippen LogP contribution in [-0.2, 0) is 20.9 Å². The molecule has 0 unspecified atom stereocenters. The molecule has 0 atom stereocenters. The van der Waals surface area contributed by atoms with Crippen molar-refractivity contribution in [2.24, 2.45) is 5.92 Å². The zero-order chi connectivity index (χ0) is 18.9. The number of benzene rings is 1. The third-order valence-corrected chi connectivity index (χ3v) is 4.66. The van der Waals surface area contributed by atoms with Crippen molar-refractivity contribution in [1.82, 2.24) is 10.2 Å². The lowest BCUT2D eigenvalue weighted by Gasteiger charge is -2.21. The van der Waals surface area contributed by atoms with E-state index in [2.05, 4.69) is 5.32 Å². The van der Waals surface area contributed by atoms with E-state index in [1.54, 1.807) is 0 Å². The molecule has 26 heavy (non-hydrogen) atoms. The molecule has 1 aliphatic carbocycles. The van der Waals surface area contributed by atoms with Crippen molar-refractivity contribution in [3.05, 3.63) is 35.6 Å². The number of rotatable bonds is 9. The van der Waals surface area contributed by atoms with Crippen LogP contribution in [0.4, 0.5) is 4.39 Å². The molecule has 0 spiro atoms. The fourth-order valence-electron chi connectivity index (χ4n) is 3.21. The number of nitrogens with zero attached hydrogens (tertiary/aromatic N) is 1. The van der Waals surface area contributed by atoms with Gasteiger partial charge in [0.05, 0.1) is 6.54 Å². The van der Waals surface area contributed by atoms with Gasteiger partial charge in [0.15, 0.2) is 0 Å². The highest BCUT2D eigenvalue weighted by Crippen LogP contribution is 2.28. The number of carbonyl (C=O) groups is 3. The molecule has 0 bridgehead atoms. The van der Waals surface area contributed by atoms with Gasteiger partial charge in [0.1, 0.15) is 12.4 Å². The lowest BCUT2D eigenvalue weighted by Crippen LogP contribution is -2.42. The molecule has 2 N–H and O–H groups in total. The lowest BCUT2D eigenvalue weighted by atomic mass is 10.0. The monoisotopic (exact) mass is 364 g/mol. The first-order valence-electron chi connectivity index (χ1n) is 8.94. The predicted molar refractivity (Wildman–Crippen MR) is 93.7 cm³/mol. The van der Waals surface area contributed by atoms with E-state index in [0.717, 1.165) is 24.2 Å². The first-order valence-corrected chi connectivity index (χ1v) is 8.94. The van der Waals surface area contributed by atoms with Crippen molar-refractivity contribution in [3.63, 3.8) is 0 Å². The molecule has 142 valence electrons. The Morgan fingerprint density at radius 3 is 2.42 bits per heavy atom. The number of halogens is 1. The largest absolute Gasteiger partial charge is 0.480 e. The molecule has 0 heterocycles. The molecule has 7 heteroatoms. The number of aliphatic carboxylic acids is 1. The molecule has 1 saturated carbocycles. The van der Waals surface area contributed by atoms with Gasteiger partial charge in [0.2, 0.25) is 11.8 Å². The van der Waals surface area contributed by atoms with Crippen LogP contribution in [-0.4, -0.2) is 40.9 Å². The van der Waals surface area contributed by atoms with Crippen LogP contribution < -0.4 is 5.32 Å². The van der Waals surface area contributed by atoms with E-state index in [1.807, 2.05) is 0 Å². The molecule has 1 aromatic rings. The summed E-state index contributed by atoms with van der Waals surface area (Å²) >= 11 is 0. The standard InChI is InChI=1S/C19H25FN2O4/c20-16-8-5-15(6-9-16)12-22(13-19(25)26)18(24)11-21-17(23)10-7-14-3-1-2-4-14/h5-6,8-9,14H,1-4,7,10-13H2,(H,21,23)(H,25,26). The van der Waals surface area contributed by atoms with Crippen LogP contribution in [0, 0.1) is 11.7 Å². The van der Waals surface area contributed by atoms with Crippen molar-refractivity contribution >= 4 is 17.8 Å². The minimum absolute atomic E-state index is 0.0450. The number of amides is 2. The van der Waals surface area contributed by atoms with Crippen molar-refractivity contribution in [2.45, 2.75) is 45.1 Å². The van der Waals surface area contributed by atoms with Crippen LogP contribution in [0.3, 0.4) is 0 Å². The fourth-order valence-corrected chi connectivity index (χ4v) is 3.21. The summed E-state index contributed by atoms with van der Waals surface area (Å²) in [5.41, 5.74) is 0.619. The minimum Gasteiger partial charge on any atom is -0.480 e. The molecular weight excluding hydrogens is 339 g/mol. The molecule has 0 saturated heterocycles. The molecular formula is C19H25FN2O4. The number of carboxylic acids is 1. The van der Waals surface area contributed by atoms with Crippen LogP contribution in [0.25, 0.3) is 0 Å². The third-order valence-electron chi connectivity index (χ3n) is 4.66. The van der Waals surface area contributed by atoms with Crippen LogP contribution in [0.5, 0.6) is 0 Å². The number of carboxylic acid groups (broad SMARTS) is 1.